The molecule has 3 saturated heterocycles. The predicted octanol–water partition coefficient (Wildman–Crippen LogP) is 3.75. The molecule has 8 nitrogen and oxygen atoms in total. The van der Waals surface area contributed by atoms with Crippen LogP contribution in [0.5, 0.6) is 0 Å². The third-order valence-electron chi connectivity index (χ3n) is 7.56. The highest BCUT2D eigenvalue weighted by Crippen LogP contribution is 2.37. The van der Waals surface area contributed by atoms with E-state index in [0.717, 1.165) is 43.6 Å². The van der Waals surface area contributed by atoms with Crippen LogP contribution in [0.1, 0.15) is 53.8 Å². The number of carbonyl (C=O) groups is 1. The minimum absolute atomic E-state index is 0.340. The number of rotatable bonds is 4. The van der Waals surface area contributed by atoms with Gasteiger partial charge in [-0.1, -0.05) is 19.1 Å². The number of halogens is 3. The zero-order valence-corrected chi connectivity index (χ0v) is 20.5. The number of nitrogens with zero attached hydrogens (tertiary/aromatic N) is 6. The van der Waals surface area contributed by atoms with Crippen LogP contribution >= 0.6 is 0 Å². The molecule has 1 aromatic carbocycles. The Morgan fingerprint density at radius 3 is 2.51 bits per heavy atom. The Kier molecular flexibility index (Phi) is 5.78. The Morgan fingerprint density at radius 1 is 1.05 bits per heavy atom. The van der Waals surface area contributed by atoms with Crippen molar-refractivity contribution < 1.29 is 23.1 Å². The number of hydrogen-bond donors (Lipinski definition) is 1. The summed E-state index contributed by atoms with van der Waals surface area (Å²) in [6.07, 6.45) is -2.84. The van der Waals surface area contributed by atoms with E-state index in [0.29, 0.717) is 43.3 Å². The molecular weight excluding hydrogens is 485 g/mol. The number of hydrogen-bond acceptors (Lipinski definition) is 6. The largest absolute Gasteiger partial charge is 0.417 e. The van der Waals surface area contributed by atoms with Crippen LogP contribution in [-0.4, -0.2) is 69.3 Å². The highest BCUT2D eigenvalue weighted by Gasteiger charge is 2.39. The average molecular weight is 515 g/mol. The number of β-amino-alcohol motifs (C(OH)–C–C–N with tert-alkyl or cyclic N) is 1. The summed E-state index contributed by atoms with van der Waals surface area (Å²) in [5.41, 5.74) is -0.0279. The first-order valence-corrected chi connectivity index (χ1v) is 12.7. The highest BCUT2D eigenvalue weighted by atomic mass is 19.4. The summed E-state index contributed by atoms with van der Waals surface area (Å²) in [6, 6.07) is 8.33. The van der Waals surface area contributed by atoms with Gasteiger partial charge in [-0.15, -0.1) is 0 Å². The van der Waals surface area contributed by atoms with Gasteiger partial charge in [0.2, 0.25) is 0 Å². The molecule has 0 unspecified atom stereocenters. The minimum Gasteiger partial charge on any atom is -0.389 e. The number of aliphatic hydroxyl groups is 1. The second-order valence-corrected chi connectivity index (χ2v) is 10.4. The fourth-order valence-corrected chi connectivity index (χ4v) is 5.60. The first kappa shape index (κ1) is 24.0. The van der Waals surface area contributed by atoms with Crippen molar-refractivity contribution in [3.05, 3.63) is 53.2 Å². The lowest BCUT2D eigenvalue weighted by molar-refractivity contribution is -0.138. The van der Waals surface area contributed by atoms with Crippen molar-refractivity contribution in [2.45, 2.75) is 44.5 Å². The predicted molar refractivity (Wildman–Crippen MR) is 132 cm³/mol. The lowest BCUT2D eigenvalue weighted by Gasteiger charge is -2.40. The van der Waals surface area contributed by atoms with Crippen molar-refractivity contribution in [1.29, 1.82) is 0 Å². The standard InChI is InChI=1S/C26H29F3N6O2/c1-16-12-32(13-16)22-11-24(33-14-17(36)15-33)35-23(30-22)10-20(31-35)21-8-4-5-9-34(21)25(37)18-6-2-3-7-19(18)26(27,28)29/h2-3,6-7,10-11,16-17,21,36H,4-5,8-9,12-15H2,1H3/t21-/m0/s1. The molecule has 3 aliphatic heterocycles. The van der Waals surface area contributed by atoms with Gasteiger partial charge in [-0.25, -0.2) is 4.98 Å². The summed E-state index contributed by atoms with van der Waals surface area (Å²) >= 11 is 0. The SMILES string of the molecule is CC1CN(c2cc(N3CC(O)C3)n3nc([C@@H]4CCCCN4C(=O)c4ccccc4C(F)(F)F)cc3n2)C1. The molecule has 0 bridgehead atoms. The van der Waals surface area contributed by atoms with Crippen LogP contribution in [0.3, 0.4) is 0 Å². The van der Waals surface area contributed by atoms with E-state index in [1.807, 2.05) is 17.0 Å². The summed E-state index contributed by atoms with van der Waals surface area (Å²) < 4.78 is 42.7. The molecule has 3 fully saturated rings. The molecule has 5 heterocycles. The maximum Gasteiger partial charge on any atom is 0.417 e. The van der Waals surface area contributed by atoms with Crippen molar-refractivity contribution >= 4 is 23.2 Å². The van der Waals surface area contributed by atoms with Crippen LogP contribution in [0.2, 0.25) is 0 Å². The molecule has 0 spiro atoms. The second-order valence-electron chi connectivity index (χ2n) is 10.4. The van der Waals surface area contributed by atoms with Gasteiger partial charge >= 0.3 is 6.18 Å². The first-order valence-electron chi connectivity index (χ1n) is 12.7. The molecule has 1 N–H and O–H groups in total. The smallest absolute Gasteiger partial charge is 0.389 e. The molecule has 0 saturated carbocycles. The van der Waals surface area contributed by atoms with Crippen LogP contribution in [-0.2, 0) is 6.18 Å². The molecule has 6 rings (SSSR count). The molecule has 0 radical (unpaired) electrons. The first-order chi connectivity index (χ1) is 17.7. The fourth-order valence-electron chi connectivity index (χ4n) is 5.60. The van der Waals surface area contributed by atoms with Gasteiger partial charge in [0, 0.05) is 44.9 Å². The maximum absolute atomic E-state index is 13.7. The molecule has 0 aliphatic carbocycles. The van der Waals surface area contributed by atoms with Crippen LogP contribution in [0, 0.1) is 5.92 Å². The van der Waals surface area contributed by atoms with E-state index in [1.54, 1.807) is 4.52 Å². The number of benzene rings is 1. The van der Waals surface area contributed by atoms with Crippen LogP contribution in [0.4, 0.5) is 24.8 Å². The topological polar surface area (TPSA) is 77.2 Å². The number of aliphatic hydroxyl groups excluding tert-OH is 1. The molecule has 11 heteroatoms. The van der Waals surface area contributed by atoms with Crippen LogP contribution in [0.15, 0.2) is 36.4 Å². The molecule has 3 aliphatic rings. The normalized spacial score (nSPS) is 21.3. The Labute approximate surface area is 212 Å². The monoisotopic (exact) mass is 514 g/mol. The number of anilines is 2. The zero-order chi connectivity index (χ0) is 25.9. The minimum atomic E-state index is -4.62. The lowest BCUT2D eigenvalue weighted by atomic mass is 9.97. The summed E-state index contributed by atoms with van der Waals surface area (Å²) in [5.74, 6) is 1.61. The van der Waals surface area contributed by atoms with E-state index in [1.165, 1.54) is 23.1 Å². The summed E-state index contributed by atoms with van der Waals surface area (Å²) in [4.78, 5) is 24.1. The Morgan fingerprint density at radius 2 is 1.81 bits per heavy atom. The van der Waals surface area contributed by atoms with Crippen LogP contribution in [0.25, 0.3) is 5.65 Å². The van der Waals surface area contributed by atoms with Gasteiger partial charge in [-0.05, 0) is 37.3 Å². The van der Waals surface area contributed by atoms with E-state index < -0.39 is 29.8 Å². The Hall–Kier alpha value is -3.34. The van der Waals surface area contributed by atoms with Crippen LogP contribution < -0.4 is 9.80 Å². The van der Waals surface area contributed by atoms with Crippen molar-refractivity contribution in [2.75, 3.05) is 42.5 Å². The number of likely N-dealkylation sites (tertiary alicyclic amines) is 1. The molecule has 196 valence electrons. The Balaban J connectivity index is 1.38. The van der Waals surface area contributed by atoms with E-state index in [-0.39, 0.29) is 5.56 Å². The van der Waals surface area contributed by atoms with Crippen molar-refractivity contribution in [2.24, 2.45) is 5.92 Å². The van der Waals surface area contributed by atoms with E-state index in [2.05, 4.69) is 11.8 Å². The van der Waals surface area contributed by atoms with Crippen molar-refractivity contribution in [3.8, 4) is 0 Å². The van der Waals surface area contributed by atoms with Gasteiger partial charge in [0.05, 0.1) is 29.0 Å². The maximum atomic E-state index is 13.7. The fraction of sp³-hybridized carbons (Fsp3) is 0.500. The molecular formula is C26H29F3N6O2. The van der Waals surface area contributed by atoms with E-state index in [4.69, 9.17) is 10.1 Å². The third kappa shape index (κ3) is 4.28. The molecule has 2 aromatic heterocycles. The van der Waals surface area contributed by atoms with Crippen molar-refractivity contribution in [1.82, 2.24) is 19.5 Å². The third-order valence-corrected chi connectivity index (χ3v) is 7.56. The summed E-state index contributed by atoms with van der Waals surface area (Å²) in [5, 5.41) is 14.7. The van der Waals surface area contributed by atoms with Gasteiger partial charge < -0.3 is 19.8 Å². The summed E-state index contributed by atoms with van der Waals surface area (Å²) in [6.45, 7) is 5.35. The summed E-state index contributed by atoms with van der Waals surface area (Å²) in [7, 11) is 0. The number of aromatic nitrogens is 3. The van der Waals surface area contributed by atoms with Crippen molar-refractivity contribution in [3.63, 3.8) is 0 Å². The lowest BCUT2D eigenvalue weighted by Crippen LogP contribution is -2.52. The molecule has 3 aromatic rings. The Bertz CT molecular complexity index is 1330. The highest BCUT2D eigenvalue weighted by molar-refractivity contribution is 5.96. The van der Waals surface area contributed by atoms with E-state index >= 15 is 0 Å². The molecule has 1 amide bonds. The second kappa shape index (κ2) is 8.90. The molecule has 37 heavy (non-hydrogen) atoms. The van der Waals surface area contributed by atoms with Gasteiger partial charge in [0.25, 0.3) is 5.91 Å². The van der Waals surface area contributed by atoms with Gasteiger partial charge in [-0.3, -0.25) is 4.79 Å². The number of alkyl halides is 3. The van der Waals surface area contributed by atoms with E-state index in [9.17, 15) is 23.1 Å². The number of piperidine rings is 1. The number of carbonyl (C=O) groups excluding carboxylic acids is 1. The number of fused-ring (bicyclic) bond motifs is 1. The number of amides is 1. The zero-order valence-electron chi connectivity index (χ0n) is 20.5. The average Bonchev–Trinajstić information content (AvgIpc) is 3.27. The quantitative estimate of drug-likeness (QED) is 0.572. The van der Waals surface area contributed by atoms with Gasteiger partial charge in [0.15, 0.2) is 5.65 Å². The molecule has 1 atom stereocenters. The van der Waals surface area contributed by atoms with Gasteiger partial charge in [-0.2, -0.15) is 22.8 Å². The van der Waals surface area contributed by atoms with Gasteiger partial charge in [0.1, 0.15) is 11.6 Å².